The molecule has 0 saturated carbocycles. The third kappa shape index (κ3) is 4.19. The van der Waals surface area contributed by atoms with Crippen LogP contribution < -0.4 is 10.3 Å². The van der Waals surface area contributed by atoms with Gasteiger partial charge in [0.25, 0.3) is 5.56 Å². The van der Waals surface area contributed by atoms with Crippen molar-refractivity contribution in [1.29, 1.82) is 0 Å². The summed E-state index contributed by atoms with van der Waals surface area (Å²) in [5, 5.41) is 3.82. The first-order chi connectivity index (χ1) is 12.3. The van der Waals surface area contributed by atoms with Crippen LogP contribution in [0.25, 0.3) is 0 Å². The molecule has 1 unspecified atom stereocenters. The molecule has 1 fully saturated rings. The molecule has 0 aliphatic carbocycles. The Balaban J connectivity index is 1.60. The van der Waals surface area contributed by atoms with Gasteiger partial charge < -0.3 is 9.64 Å². The van der Waals surface area contributed by atoms with Crippen LogP contribution in [0.15, 0.2) is 41.5 Å². The number of carbonyl (C=O) groups is 1. The van der Waals surface area contributed by atoms with Gasteiger partial charge in [0, 0.05) is 37.5 Å². The standard InChI is InChI=1S/C16H15F3N4O3/c17-16(18,19)11-3-6-20-13(8-11)26-12-4-7-22(9-12)15(25)10-23-14(24)2-1-5-21-23/h1-3,5-6,8,12H,4,7,9-10H2. The third-order valence-electron chi connectivity index (χ3n) is 3.92. The van der Waals surface area contributed by atoms with Crippen molar-refractivity contribution in [3.8, 4) is 5.88 Å². The molecule has 0 N–H and O–H groups in total. The number of halogens is 3. The van der Waals surface area contributed by atoms with Crippen LogP contribution in [0.5, 0.6) is 5.88 Å². The molecule has 2 aromatic heterocycles. The first kappa shape index (κ1) is 17.9. The lowest BCUT2D eigenvalue weighted by Crippen LogP contribution is -2.36. The number of carbonyl (C=O) groups excluding carboxylic acids is 1. The van der Waals surface area contributed by atoms with Crippen molar-refractivity contribution in [2.24, 2.45) is 0 Å². The Labute approximate surface area is 146 Å². The highest BCUT2D eigenvalue weighted by molar-refractivity contribution is 5.76. The number of hydrogen-bond acceptors (Lipinski definition) is 5. The maximum atomic E-state index is 12.7. The predicted octanol–water partition coefficient (Wildman–Crippen LogP) is 1.34. The van der Waals surface area contributed by atoms with E-state index in [0.29, 0.717) is 13.0 Å². The van der Waals surface area contributed by atoms with Crippen LogP contribution in [0.4, 0.5) is 13.2 Å². The van der Waals surface area contributed by atoms with E-state index < -0.39 is 17.8 Å². The van der Waals surface area contributed by atoms with E-state index in [1.54, 1.807) is 0 Å². The van der Waals surface area contributed by atoms with Gasteiger partial charge in [0.2, 0.25) is 11.8 Å². The second kappa shape index (κ2) is 7.14. The molecule has 7 nitrogen and oxygen atoms in total. The van der Waals surface area contributed by atoms with Crippen molar-refractivity contribution in [2.75, 3.05) is 13.1 Å². The van der Waals surface area contributed by atoms with Gasteiger partial charge in [0.05, 0.1) is 12.1 Å². The monoisotopic (exact) mass is 368 g/mol. The highest BCUT2D eigenvalue weighted by atomic mass is 19.4. The number of alkyl halides is 3. The van der Waals surface area contributed by atoms with E-state index in [-0.39, 0.29) is 30.4 Å². The van der Waals surface area contributed by atoms with Gasteiger partial charge in [-0.05, 0) is 12.1 Å². The zero-order valence-electron chi connectivity index (χ0n) is 13.5. The Morgan fingerprint density at radius 2 is 2.12 bits per heavy atom. The molecule has 0 bridgehead atoms. The molecule has 1 aliphatic heterocycles. The molecule has 1 atom stereocenters. The Hall–Kier alpha value is -2.91. The molecule has 1 amide bonds. The summed E-state index contributed by atoms with van der Waals surface area (Å²) in [6.07, 6.45) is -2.04. The summed E-state index contributed by atoms with van der Waals surface area (Å²) < 4.78 is 44.7. The first-order valence-electron chi connectivity index (χ1n) is 7.83. The Bertz CT molecular complexity index is 853. The highest BCUT2D eigenvalue weighted by Crippen LogP contribution is 2.31. The molecular formula is C16H15F3N4O3. The Morgan fingerprint density at radius 1 is 1.31 bits per heavy atom. The SMILES string of the molecule is O=C(Cn1ncccc1=O)N1CCC(Oc2cc(C(F)(F)F)ccn2)C1. The quantitative estimate of drug-likeness (QED) is 0.814. The summed E-state index contributed by atoms with van der Waals surface area (Å²) >= 11 is 0. The normalized spacial score (nSPS) is 17.3. The van der Waals surface area contributed by atoms with Gasteiger partial charge in [0.1, 0.15) is 12.6 Å². The minimum atomic E-state index is -4.48. The second-order valence-electron chi connectivity index (χ2n) is 5.77. The summed E-state index contributed by atoms with van der Waals surface area (Å²) in [6, 6.07) is 4.47. The molecule has 3 rings (SSSR count). The minimum Gasteiger partial charge on any atom is -0.472 e. The van der Waals surface area contributed by atoms with Crippen molar-refractivity contribution >= 4 is 5.91 Å². The van der Waals surface area contributed by atoms with E-state index in [4.69, 9.17) is 4.74 Å². The fraction of sp³-hybridized carbons (Fsp3) is 0.375. The fourth-order valence-electron chi connectivity index (χ4n) is 2.61. The van der Waals surface area contributed by atoms with Gasteiger partial charge in [0.15, 0.2) is 0 Å². The average molecular weight is 368 g/mol. The van der Waals surface area contributed by atoms with Gasteiger partial charge in [-0.15, -0.1) is 0 Å². The largest absolute Gasteiger partial charge is 0.472 e. The van der Waals surface area contributed by atoms with Crippen LogP contribution in [0, 0.1) is 0 Å². The summed E-state index contributed by atoms with van der Waals surface area (Å²) in [6.45, 7) is 0.386. The van der Waals surface area contributed by atoms with Crippen molar-refractivity contribution < 1.29 is 22.7 Å². The number of amides is 1. The van der Waals surface area contributed by atoms with Crippen molar-refractivity contribution in [1.82, 2.24) is 19.7 Å². The molecule has 26 heavy (non-hydrogen) atoms. The lowest BCUT2D eigenvalue weighted by Gasteiger charge is -2.17. The van der Waals surface area contributed by atoms with Crippen molar-refractivity contribution in [3.63, 3.8) is 0 Å². The molecule has 0 radical (unpaired) electrons. The number of nitrogens with zero attached hydrogens (tertiary/aromatic N) is 4. The minimum absolute atomic E-state index is 0.139. The maximum Gasteiger partial charge on any atom is 0.416 e. The number of aromatic nitrogens is 3. The molecular weight excluding hydrogens is 353 g/mol. The molecule has 1 saturated heterocycles. The van der Waals surface area contributed by atoms with Crippen LogP contribution in [-0.4, -0.2) is 44.8 Å². The summed E-state index contributed by atoms with van der Waals surface area (Å²) in [7, 11) is 0. The number of pyridine rings is 1. The van der Waals surface area contributed by atoms with Gasteiger partial charge in [-0.25, -0.2) is 9.67 Å². The zero-order chi connectivity index (χ0) is 18.7. The van der Waals surface area contributed by atoms with E-state index in [9.17, 15) is 22.8 Å². The topological polar surface area (TPSA) is 77.3 Å². The van der Waals surface area contributed by atoms with Crippen molar-refractivity contribution in [3.05, 3.63) is 52.6 Å². The molecule has 1 aliphatic rings. The second-order valence-corrected chi connectivity index (χ2v) is 5.77. The summed E-state index contributed by atoms with van der Waals surface area (Å²) in [4.78, 5) is 29.1. The van der Waals surface area contributed by atoms with Gasteiger partial charge >= 0.3 is 6.18 Å². The van der Waals surface area contributed by atoms with E-state index in [1.165, 1.54) is 23.2 Å². The predicted molar refractivity (Wildman–Crippen MR) is 83.3 cm³/mol. The van der Waals surface area contributed by atoms with Crippen LogP contribution in [0.1, 0.15) is 12.0 Å². The first-order valence-corrected chi connectivity index (χ1v) is 7.83. The van der Waals surface area contributed by atoms with Gasteiger partial charge in [-0.2, -0.15) is 18.3 Å². The average Bonchev–Trinajstić information content (AvgIpc) is 3.05. The lowest BCUT2D eigenvalue weighted by molar-refractivity contribution is -0.137. The third-order valence-corrected chi connectivity index (χ3v) is 3.92. The van der Waals surface area contributed by atoms with Gasteiger partial charge in [-0.3, -0.25) is 9.59 Å². The molecule has 0 spiro atoms. The molecule has 3 heterocycles. The van der Waals surface area contributed by atoms with E-state index >= 15 is 0 Å². The van der Waals surface area contributed by atoms with E-state index in [1.807, 2.05) is 0 Å². The fourth-order valence-corrected chi connectivity index (χ4v) is 2.61. The molecule has 10 heteroatoms. The summed E-state index contributed by atoms with van der Waals surface area (Å²) in [5.41, 5.74) is -1.23. The van der Waals surface area contributed by atoms with E-state index in [2.05, 4.69) is 10.1 Å². The van der Waals surface area contributed by atoms with Crippen LogP contribution in [-0.2, 0) is 17.5 Å². The Morgan fingerprint density at radius 3 is 2.85 bits per heavy atom. The van der Waals surface area contributed by atoms with E-state index in [0.717, 1.165) is 23.0 Å². The smallest absolute Gasteiger partial charge is 0.416 e. The van der Waals surface area contributed by atoms with Gasteiger partial charge in [-0.1, -0.05) is 0 Å². The number of likely N-dealkylation sites (tertiary alicyclic amines) is 1. The van der Waals surface area contributed by atoms with Crippen molar-refractivity contribution in [2.45, 2.75) is 25.2 Å². The molecule has 138 valence electrons. The number of ether oxygens (including phenoxy) is 1. The number of hydrogen-bond donors (Lipinski definition) is 0. The zero-order valence-corrected chi connectivity index (χ0v) is 13.5. The molecule has 2 aromatic rings. The van der Waals surface area contributed by atoms with Crippen LogP contribution >= 0.6 is 0 Å². The summed E-state index contributed by atoms with van der Waals surface area (Å²) in [5.74, 6) is -0.450. The van der Waals surface area contributed by atoms with Crippen LogP contribution in [0.2, 0.25) is 0 Å². The Kier molecular flexibility index (Phi) is 4.92. The number of rotatable bonds is 4. The van der Waals surface area contributed by atoms with Crippen LogP contribution in [0.3, 0.4) is 0 Å². The highest BCUT2D eigenvalue weighted by Gasteiger charge is 2.32. The maximum absolute atomic E-state index is 12.7. The lowest BCUT2D eigenvalue weighted by atomic mass is 10.2. The molecule has 0 aromatic carbocycles.